The molecule has 0 atom stereocenters. The fourth-order valence-electron chi connectivity index (χ4n) is 0.300. The molecule has 0 aromatic rings. The van der Waals surface area contributed by atoms with Crippen LogP contribution in [-0.2, 0) is 0 Å². The van der Waals surface area contributed by atoms with Crippen LogP contribution >= 0.6 is 23.2 Å². The Hall–Kier alpha value is 0.420. The molecular weight excluding hydrogens is 207 g/mol. The van der Waals surface area contributed by atoms with Gasteiger partial charge in [-0.05, 0) is 0 Å². The molecule has 0 heterocycles. The van der Waals surface area contributed by atoms with E-state index in [4.69, 9.17) is 43.6 Å². The van der Waals surface area contributed by atoms with E-state index >= 15 is 0 Å². The third-order valence-electron chi connectivity index (χ3n) is 1.34. The number of aliphatic hydroxyl groups excluding tert-OH is 4. The maximum Gasteiger partial charge on any atom is 0.0967 e. The largest absolute Gasteiger partial charge is 0.396 e. The van der Waals surface area contributed by atoms with Gasteiger partial charge in [-0.3, -0.25) is 0 Å². The zero-order valence-corrected chi connectivity index (χ0v) is 8.09. The Morgan fingerprint density at radius 3 is 0.917 bits per heavy atom. The van der Waals surface area contributed by atoms with E-state index < -0.39 is 31.8 Å². The molecule has 0 saturated carbocycles. The second-order valence-corrected chi connectivity index (χ2v) is 3.04. The molecule has 0 fully saturated rings. The maximum atomic E-state index is 8.50. The molecule has 0 aliphatic rings. The Morgan fingerprint density at radius 2 is 0.917 bits per heavy atom. The number of hydrogen-bond acceptors (Lipinski definition) is 4. The maximum absolute atomic E-state index is 8.50. The molecule has 0 radical (unpaired) electrons. The SMILES string of the molecule is ClCCl.OCC(CO)(CO)CO. The number of alkyl halides is 2. The molecule has 0 saturated heterocycles. The van der Waals surface area contributed by atoms with Crippen molar-refractivity contribution in [1.82, 2.24) is 0 Å². The first kappa shape index (κ1) is 14.9. The van der Waals surface area contributed by atoms with Gasteiger partial charge in [-0.2, -0.15) is 0 Å². The van der Waals surface area contributed by atoms with Gasteiger partial charge in [0.2, 0.25) is 0 Å². The predicted octanol–water partition coefficient (Wildman–Crippen LogP) is -0.637. The topological polar surface area (TPSA) is 80.9 Å². The fourth-order valence-corrected chi connectivity index (χ4v) is 0.300. The molecule has 76 valence electrons. The van der Waals surface area contributed by atoms with Crippen LogP contribution in [0.1, 0.15) is 0 Å². The minimum Gasteiger partial charge on any atom is -0.396 e. The van der Waals surface area contributed by atoms with E-state index in [0.29, 0.717) is 0 Å². The van der Waals surface area contributed by atoms with Crippen LogP contribution in [0.2, 0.25) is 0 Å². The number of aliphatic hydroxyl groups is 4. The van der Waals surface area contributed by atoms with Crippen molar-refractivity contribution in [3.05, 3.63) is 0 Å². The molecule has 0 aliphatic carbocycles. The summed E-state index contributed by atoms with van der Waals surface area (Å²) in [5.41, 5.74) is -1.11. The van der Waals surface area contributed by atoms with Gasteiger partial charge in [0.15, 0.2) is 0 Å². The van der Waals surface area contributed by atoms with Crippen molar-refractivity contribution in [2.24, 2.45) is 5.41 Å². The minimum atomic E-state index is -1.11. The van der Waals surface area contributed by atoms with Crippen LogP contribution in [0.3, 0.4) is 0 Å². The molecule has 0 aromatic carbocycles. The van der Waals surface area contributed by atoms with Gasteiger partial charge in [0.05, 0.1) is 37.2 Å². The lowest BCUT2D eigenvalue weighted by atomic mass is 9.93. The standard InChI is InChI=1S/C5H12O4.CH2Cl2/c6-1-5(2-7,3-8)4-9;2-1-3/h6-9H,1-4H2;1H2. The lowest BCUT2D eigenvalue weighted by Gasteiger charge is -2.23. The Bertz CT molecular complexity index is 70.1. The molecule has 0 spiro atoms. The number of rotatable bonds is 4. The number of hydrogen-bond donors (Lipinski definition) is 4. The highest BCUT2D eigenvalue weighted by molar-refractivity contribution is 6.40. The van der Waals surface area contributed by atoms with Crippen molar-refractivity contribution >= 4 is 23.2 Å². The van der Waals surface area contributed by atoms with Gasteiger partial charge in [0.1, 0.15) is 0 Å². The molecule has 0 unspecified atom stereocenters. The Morgan fingerprint density at radius 1 is 0.750 bits per heavy atom. The van der Waals surface area contributed by atoms with Crippen LogP contribution in [0.5, 0.6) is 0 Å². The molecular formula is C6H14Cl2O4. The Kier molecular flexibility index (Phi) is 11.8. The zero-order chi connectivity index (χ0) is 10.0. The first-order valence-electron chi connectivity index (χ1n) is 3.21. The summed E-state index contributed by atoms with van der Waals surface area (Å²) in [6.45, 7) is -1.62. The smallest absolute Gasteiger partial charge is 0.0967 e. The van der Waals surface area contributed by atoms with Crippen molar-refractivity contribution in [3.63, 3.8) is 0 Å². The van der Waals surface area contributed by atoms with E-state index in [9.17, 15) is 0 Å². The first-order valence-corrected chi connectivity index (χ1v) is 4.28. The summed E-state index contributed by atoms with van der Waals surface area (Å²) in [5, 5.41) is 34.2. The molecule has 4 N–H and O–H groups in total. The van der Waals surface area contributed by atoms with Crippen molar-refractivity contribution in [3.8, 4) is 0 Å². The Balaban J connectivity index is 0. The highest BCUT2D eigenvalue weighted by Crippen LogP contribution is 2.11. The van der Waals surface area contributed by atoms with Gasteiger partial charge in [-0.15, -0.1) is 23.2 Å². The normalized spacial score (nSPS) is 10.5. The molecule has 6 heteroatoms. The second-order valence-electron chi connectivity index (χ2n) is 2.23. The van der Waals surface area contributed by atoms with E-state index in [1.54, 1.807) is 0 Å². The molecule has 0 aliphatic heterocycles. The molecule has 4 nitrogen and oxygen atoms in total. The average molecular weight is 221 g/mol. The van der Waals surface area contributed by atoms with Gasteiger partial charge in [-0.1, -0.05) is 0 Å². The summed E-state index contributed by atoms with van der Waals surface area (Å²) in [6, 6.07) is 0. The highest BCUT2D eigenvalue weighted by Gasteiger charge is 2.26. The molecule has 0 aromatic heterocycles. The van der Waals surface area contributed by atoms with E-state index in [1.807, 2.05) is 0 Å². The van der Waals surface area contributed by atoms with Crippen molar-refractivity contribution in [1.29, 1.82) is 0 Å². The van der Waals surface area contributed by atoms with Crippen LogP contribution in [0.4, 0.5) is 0 Å². The molecule has 0 bridgehead atoms. The van der Waals surface area contributed by atoms with Crippen LogP contribution < -0.4 is 0 Å². The first-order chi connectivity index (χ1) is 5.66. The predicted molar refractivity (Wildman–Crippen MR) is 47.3 cm³/mol. The van der Waals surface area contributed by atoms with Crippen LogP contribution in [-0.4, -0.2) is 52.2 Å². The van der Waals surface area contributed by atoms with Crippen LogP contribution in [0.15, 0.2) is 0 Å². The summed E-state index contributed by atoms with van der Waals surface area (Å²) in [7, 11) is 0. The third-order valence-corrected chi connectivity index (χ3v) is 1.34. The van der Waals surface area contributed by atoms with Gasteiger partial charge in [0.25, 0.3) is 0 Å². The van der Waals surface area contributed by atoms with E-state index in [2.05, 4.69) is 0 Å². The van der Waals surface area contributed by atoms with E-state index in [1.165, 1.54) is 0 Å². The molecule has 0 amide bonds. The van der Waals surface area contributed by atoms with E-state index in [-0.39, 0.29) is 5.34 Å². The Labute approximate surface area is 81.4 Å². The second kappa shape index (κ2) is 9.51. The summed E-state index contributed by atoms with van der Waals surface area (Å²) in [6.07, 6.45) is 0. The summed E-state index contributed by atoms with van der Waals surface area (Å²) in [4.78, 5) is 0. The zero-order valence-electron chi connectivity index (χ0n) is 6.58. The van der Waals surface area contributed by atoms with Crippen molar-refractivity contribution < 1.29 is 20.4 Å². The van der Waals surface area contributed by atoms with Gasteiger partial charge >= 0.3 is 0 Å². The lowest BCUT2D eigenvalue weighted by molar-refractivity contribution is -0.0328. The van der Waals surface area contributed by atoms with E-state index in [0.717, 1.165) is 0 Å². The van der Waals surface area contributed by atoms with Crippen molar-refractivity contribution in [2.75, 3.05) is 31.8 Å². The summed E-state index contributed by atoms with van der Waals surface area (Å²) in [5.74, 6) is 0. The highest BCUT2D eigenvalue weighted by atomic mass is 35.5. The summed E-state index contributed by atoms with van der Waals surface area (Å²) < 4.78 is 0. The van der Waals surface area contributed by atoms with Crippen LogP contribution in [0.25, 0.3) is 0 Å². The quantitative estimate of drug-likeness (QED) is 0.476. The average Bonchev–Trinajstić information content (AvgIpc) is 2.11. The minimum absolute atomic E-state index is 0.194. The monoisotopic (exact) mass is 220 g/mol. The van der Waals surface area contributed by atoms with Gasteiger partial charge < -0.3 is 20.4 Å². The van der Waals surface area contributed by atoms with Gasteiger partial charge in [0, 0.05) is 0 Å². The third kappa shape index (κ3) is 5.99. The molecule has 12 heavy (non-hydrogen) atoms. The summed E-state index contributed by atoms with van der Waals surface area (Å²) >= 11 is 9.53. The van der Waals surface area contributed by atoms with Gasteiger partial charge in [-0.25, -0.2) is 0 Å². The lowest BCUT2D eigenvalue weighted by Crippen LogP contribution is -2.37. The fraction of sp³-hybridized carbons (Fsp3) is 1.00. The van der Waals surface area contributed by atoms with Crippen LogP contribution in [0, 0.1) is 5.41 Å². The number of halogens is 2. The van der Waals surface area contributed by atoms with Crippen molar-refractivity contribution in [2.45, 2.75) is 0 Å². The molecule has 0 rings (SSSR count).